The summed E-state index contributed by atoms with van der Waals surface area (Å²) in [5.41, 5.74) is 2.72. The summed E-state index contributed by atoms with van der Waals surface area (Å²) < 4.78 is 1.19. The summed E-state index contributed by atoms with van der Waals surface area (Å²) >= 11 is 3.55. The molecule has 0 spiro atoms. The predicted octanol–water partition coefficient (Wildman–Crippen LogP) is 4.18. The first-order chi connectivity index (χ1) is 7.74. The molecule has 0 saturated heterocycles. The molecule has 1 aromatic rings. The highest BCUT2D eigenvalue weighted by molar-refractivity contribution is 9.10. The fourth-order valence-corrected chi connectivity index (χ4v) is 3.14. The Morgan fingerprint density at radius 2 is 1.94 bits per heavy atom. The second-order valence-electron chi connectivity index (χ2n) is 4.85. The maximum Gasteiger partial charge on any atom is 0.0208 e. The minimum Gasteiger partial charge on any atom is -0.310 e. The lowest BCUT2D eigenvalue weighted by atomic mass is 9.95. The van der Waals surface area contributed by atoms with Crippen LogP contribution in [0.2, 0.25) is 0 Å². The van der Waals surface area contributed by atoms with E-state index in [2.05, 4.69) is 46.4 Å². The number of aryl methyl sites for hydroxylation is 1. The minimum absolute atomic E-state index is 0.744. The second kappa shape index (κ2) is 5.83. The van der Waals surface area contributed by atoms with E-state index in [0.717, 1.165) is 12.6 Å². The van der Waals surface area contributed by atoms with Crippen molar-refractivity contribution in [1.82, 2.24) is 5.32 Å². The molecule has 1 nitrogen and oxygen atoms in total. The summed E-state index contributed by atoms with van der Waals surface area (Å²) in [6.07, 6.45) is 6.93. The number of hydrogen-bond donors (Lipinski definition) is 1. The lowest BCUT2D eigenvalue weighted by Gasteiger charge is -2.23. The van der Waals surface area contributed by atoms with Gasteiger partial charge in [-0.1, -0.05) is 41.3 Å². The molecule has 1 aromatic carbocycles. The molecule has 2 heteroatoms. The van der Waals surface area contributed by atoms with Crippen LogP contribution in [0.5, 0.6) is 0 Å². The van der Waals surface area contributed by atoms with Gasteiger partial charge in [0.15, 0.2) is 0 Å². The van der Waals surface area contributed by atoms with Gasteiger partial charge in [-0.15, -0.1) is 0 Å². The second-order valence-corrected chi connectivity index (χ2v) is 5.77. The van der Waals surface area contributed by atoms with Gasteiger partial charge in [-0.2, -0.15) is 0 Å². The van der Waals surface area contributed by atoms with Crippen LogP contribution in [0.25, 0.3) is 0 Å². The molecule has 2 rings (SSSR count). The van der Waals surface area contributed by atoms with E-state index in [9.17, 15) is 0 Å². The van der Waals surface area contributed by atoms with Crippen molar-refractivity contribution in [3.05, 3.63) is 33.8 Å². The third-order valence-electron chi connectivity index (χ3n) is 3.30. The first-order valence-electron chi connectivity index (χ1n) is 6.23. The first kappa shape index (κ1) is 12.1. The minimum atomic E-state index is 0.744. The third-order valence-corrected chi connectivity index (χ3v) is 3.76. The van der Waals surface area contributed by atoms with E-state index in [1.807, 2.05) is 0 Å². The standard InChI is InChI=1S/C14H20BrN/c1-11-7-12(9-13(15)8-11)10-16-14-5-3-2-4-6-14/h7-9,14,16H,2-6,10H2,1H3. The Bertz CT molecular complexity index is 322. The zero-order chi connectivity index (χ0) is 11.4. The van der Waals surface area contributed by atoms with Crippen LogP contribution in [-0.2, 0) is 6.54 Å². The predicted molar refractivity (Wildman–Crippen MR) is 72.6 cm³/mol. The highest BCUT2D eigenvalue weighted by Gasteiger charge is 2.12. The Morgan fingerprint density at radius 1 is 1.19 bits per heavy atom. The molecule has 0 atom stereocenters. The monoisotopic (exact) mass is 281 g/mol. The Kier molecular flexibility index (Phi) is 4.42. The van der Waals surface area contributed by atoms with E-state index in [1.165, 1.54) is 47.7 Å². The van der Waals surface area contributed by atoms with Gasteiger partial charge in [0.05, 0.1) is 0 Å². The molecule has 1 N–H and O–H groups in total. The molecular weight excluding hydrogens is 262 g/mol. The fraction of sp³-hybridized carbons (Fsp3) is 0.571. The van der Waals surface area contributed by atoms with Gasteiger partial charge in [0.1, 0.15) is 0 Å². The molecule has 1 aliphatic rings. The van der Waals surface area contributed by atoms with Crippen LogP contribution in [0, 0.1) is 6.92 Å². The Morgan fingerprint density at radius 3 is 2.62 bits per heavy atom. The normalized spacial score (nSPS) is 17.6. The van der Waals surface area contributed by atoms with Gasteiger partial charge < -0.3 is 5.32 Å². The molecule has 16 heavy (non-hydrogen) atoms. The van der Waals surface area contributed by atoms with Gasteiger partial charge in [0.25, 0.3) is 0 Å². The highest BCUT2D eigenvalue weighted by atomic mass is 79.9. The average Bonchev–Trinajstić information content (AvgIpc) is 2.27. The number of halogens is 1. The van der Waals surface area contributed by atoms with Gasteiger partial charge in [0, 0.05) is 17.1 Å². The number of nitrogens with one attached hydrogen (secondary N) is 1. The molecule has 1 saturated carbocycles. The first-order valence-corrected chi connectivity index (χ1v) is 7.03. The van der Waals surface area contributed by atoms with E-state index in [4.69, 9.17) is 0 Å². The molecule has 1 fully saturated rings. The number of benzene rings is 1. The van der Waals surface area contributed by atoms with Crippen LogP contribution >= 0.6 is 15.9 Å². The molecule has 0 bridgehead atoms. The van der Waals surface area contributed by atoms with E-state index >= 15 is 0 Å². The summed E-state index contributed by atoms with van der Waals surface area (Å²) in [7, 11) is 0. The molecule has 1 aliphatic carbocycles. The van der Waals surface area contributed by atoms with Crippen molar-refractivity contribution < 1.29 is 0 Å². The van der Waals surface area contributed by atoms with Gasteiger partial charge >= 0.3 is 0 Å². The van der Waals surface area contributed by atoms with E-state index in [-0.39, 0.29) is 0 Å². The quantitative estimate of drug-likeness (QED) is 0.877. The number of rotatable bonds is 3. The van der Waals surface area contributed by atoms with Crippen molar-refractivity contribution >= 4 is 15.9 Å². The fourth-order valence-electron chi connectivity index (χ4n) is 2.48. The van der Waals surface area contributed by atoms with Gasteiger partial charge in [-0.05, 0) is 43.0 Å². The zero-order valence-corrected chi connectivity index (χ0v) is 11.5. The third kappa shape index (κ3) is 3.60. The molecule has 0 unspecified atom stereocenters. The summed E-state index contributed by atoms with van der Waals surface area (Å²) in [6, 6.07) is 7.38. The van der Waals surface area contributed by atoms with Crippen LogP contribution in [0.1, 0.15) is 43.2 Å². The topological polar surface area (TPSA) is 12.0 Å². The SMILES string of the molecule is Cc1cc(Br)cc(CNC2CCCCC2)c1. The Hall–Kier alpha value is -0.340. The van der Waals surface area contributed by atoms with Crippen molar-refractivity contribution in [3.8, 4) is 0 Å². The van der Waals surface area contributed by atoms with Crippen molar-refractivity contribution in [2.24, 2.45) is 0 Å². The van der Waals surface area contributed by atoms with Crippen molar-refractivity contribution in [2.75, 3.05) is 0 Å². The lowest BCUT2D eigenvalue weighted by Crippen LogP contribution is -2.30. The molecule has 0 heterocycles. The molecule has 0 radical (unpaired) electrons. The Balaban J connectivity index is 1.88. The van der Waals surface area contributed by atoms with Crippen LogP contribution in [0.15, 0.2) is 22.7 Å². The molecule has 0 aliphatic heterocycles. The highest BCUT2D eigenvalue weighted by Crippen LogP contribution is 2.19. The molecular formula is C14H20BrN. The van der Waals surface area contributed by atoms with Crippen molar-refractivity contribution in [2.45, 2.75) is 51.6 Å². The number of hydrogen-bond acceptors (Lipinski definition) is 1. The summed E-state index contributed by atoms with van der Waals surface area (Å²) in [5.74, 6) is 0. The molecule has 88 valence electrons. The van der Waals surface area contributed by atoms with Gasteiger partial charge in [-0.25, -0.2) is 0 Å². The maximum absolute atomic E-state index is 3.67. The maximum atomic E-state index is 3.67. The smallest absolute Gasteiger partial charge is 0.0208 e. The van der Waals surface area contributed by atoms with Crippen molar-refractivity contribution in [3.63, 3.8) is 0 Å². The summed E-state index contributed by atoms with van der Waals surface area (Å²) in [5, 5.41) is 3.67. The molecule has 0 aromatic heterocycles. The summed E-state index contributed by atoms with van der Waals surface area (Å²) in [4.78, 5) is 0. The van der Waals surface area contributed by atoms with Crippen LogP contribution in [-0.4, -0.2) is 6.04 Å². The van der Waals surface area contributed by atoms with Crippen LogP contribution < -0.4 is 5.32 Å². The van der Waals surface area contributed by atoms with E-state index in [1.54, 1.807) is 0 Å². The summed E-state index contributed by atoms with van der Waals surface area (Å²) in [6.45, 7) is 3.15. The Labute approximate surface area is 107 Å². The van der Waals surface area contributed by atoms with Crippen molar-refractivity contribution in [1.29, 1.82) is 0 Å². The zero-order valence-electron chi connectivity index (χ0n) is 9.93. The average molecular weight is 282 g/mol. The van der Waals surface area contributed by atoms with E-state index in [0.29, 0.717) is 0 Å². The molecule has 0 amide bonds. The van der Waals surface area contributed by atoms with Crippen LogP contribution in [0.3, 0.4) is 0 Å². The lowest BCUT2D eigenvalue weighted by molar-refractivity contribution is 0.372. The largest absolute Gasteiger partial charge is 0.310 e. The van der Waals surface area contributed by atoms with Crippen LogP contribution in [0.4, 0.5) is 0 Å². The van der Waals surface area contributed by atoms with Gasteiger partial charge in [-0.3, -0.25) is 0 Å². The van der Waals surface area contributed by atoms with Gasteiger partial charge in [0.2, 0.25) is 0 Å². The van der Waals surface area contributed by atoms with E-state index < -0.39 is 0 Å².